The summed E-state index contributed by atoms with van der Waals surface area (Å²) in [6, 6.07) is 1.24. The zero-order valence-corrected chi connectivity index (χ0v) is 13.1. The molecule has 0 unspecified atom stereocenters. The molecular weight excluding hydrogens is 294 g/mol. The van der Waals surface area contributed by atoms with E-state index in [1.807, 2.05) is 6.92 Å². The molecule has 1 aromatic heterocycles. The lowest BCUT2D eigenvalue weighted by molar-refractivity contribution is 0.0685. The molecule has 2 heterocycles. The summed E-state index contributed by atoms with van der Waals surface area (Å²) in [5.41, 5.74) is 0.00303. The number of hydrogen-bond acceptors (Lipinski definition) is 4. The molecule has 1 aromatic rings. The summed E-state index contributed by atoms with van der Waals surface area (Å²) in [6.07, 6.45) is 1.41. The predicted molar refractivity (Wildman–Crippen MR) is 77.9 cm³/mol. The third-order valence-electron chi connectivity index (χ3n) is 3.85. The van der Waals surface area contributed by atoms with Crippen LogP contribution in [-0.2, 0) is 16.6 Å². The Bertz CT molecular complexity index is 615. The molecule has 1 aliphatic heterocycles. The molecule has 0 saturated carbocycles. The Balaban J connectivity index is 2.26. The Morgan fingerprint density at radius 1 is 1.19 bits per heavy atom. The number of aromatic nitrogens is 1. The molecule has 1 saturated heterocycles. The van der Waals surface area contributed by atoms with Gasteiger partial charge in [-0.15, -0.1) is 0 Å². The van der Waals surface area contributed by atoms with Crippen molar-refractivity contribution < 1.29 is 18.3 Å². The molecule has 0 atom stereocenters. The van der Waals surface area contributed by atoms with Crippen molar-refractivity contribution in [3.8, 4) is 0 Å². The lowest BCUT2D eigenvalue weighted by atomic mass is 10.4. The molecule has 21 heavy (non-hydrogen) atoms. The van der Waals surface area contributed by atoms with Gasteiger partial charge in [-0.1, -0.05) is 6.92 Å². The van der Waals surface area contributed by atoms with Crippen molar-refractivity contribution in [2.75, 3.05) is 32.7 Å². The van der Waals surface area contributed by atoms with Gasteiger partial charge in [0.05, 0.1) is 0 Å². The number of carboxylic acid groups (broad SMARTS) is 1. The van der Waals surface area contributed by atoms with Crippen LogP contribution in [-0.4, -0.2) is 66.0 Å². The molecule has 0 aliphatic carbocycles. The van der Waals surface area contributed by atoms with Crippen LogP contribution in [0.4, 0.5) is 0 Å². The molecule has 2 rings (SSSR count). The van der Waals surface area contributed by atoms with Crippen LogP contribution in [0.25, 0.3) is 0 Å². The summed E-state index contributed by atoms with van der Waals surface area (Å²) in [5.74, 6) is -1.12. The Kier molecular flexibility index (Phi) is 4.70. The average molecular weight is 315 g/mol. The van der Waals surface area contributed by atoms with Gasteiger partial charge in [-0.05, 0) is 19.5 Å². The average Bonchev–Trinajstić information content (AvgIpc) is 2.92. The Morgan fingerprint density at radius 3 is 2.24 bits per heavy atom. The van der Waals surface area contributed by atoms with Gasteiger partial charge < -0.3 is 14.6 Å². The summed E-state index contributed by atoms with van der Waals surface area (Å²) >= 11 is 0. The fourth-order valence-electron chi connectivity index (χ4n) is 2.50. The molecule has 0 bridgehead atoms. The highest BCUT2D eigenvalue weighted by molar-refractivity contribution is 7.89. The number of aromatic carboxylic acids is 1. The standard InChI is InChI=1S/C13H21N3O4S/c1-3-14-5-7-16(8-6-14)21(19,20)11-9-12(13(17)18)15(4-2)10-11/h9-10H,3-8H2,1-2H3,(H,17,18). The van der Waals surface area contributed by atoms with E-state index in [1.165, 1.54) is 21.1 Å². The molecule has 1 N–H and O–H groups in total. The quantitative estimate of drug-likeness (QED) is 0.857. The largest absolute Gasteiger partial charge is 0.477 e. The summed E-state index contributed by atoms with van der Waals surface area (Å²) in [5, 5.41) is 9.12. The summed E-state index contributed by atoms with van der Waals surface area (Å²) < 4.78 is 28.0. The molecule has 0 amide bonds. The van der Waals surface area contributed by atoms with Gasteiger partial charge in [0.1, 0.15) is 10.6 Å². The first-order chi connectivity index (χ1) is 9.90. The highest BCUT2D eigenvalue weighted by Gasteiger charge is 2.30. The van der Waals surface area contributed by atoms with Crippen LogP contribution >= 0.6 is 0 Å². The van der Waals surface area contributed by atoms with E-state index in [9.17, 15) is 13.2 Å². The summed E-state index contributed by atoms with van der Waals surface area (Å²) in [6.45, 7) is 7.44. The second-order valence-corrected chi connectivity index (χ2v) is 6.93. The third-order valence-corrected chi connectivity index (χ3v) is 5.71. The fourth-order valence-corrected chi connectivity index (χ4v) is 3.96. The van der Waals surface area contributed by atoms with E-state index in [2.05, 4.69) is 4.90 Å². The van der Waals surface area contributed by atoms with Crippen molar-refractivity contribution in [1.82, 2.24) is 13.8 Å². The number of aryl methyl sites for hydroxylation is 1. The van der Waals surface area contributed by atoms with Crippen LogP contribution in [0.1, 0.15) is 24.3 Å². The van der Waals surface area contributed by atoms with Gasteiger partial charge in [0.15, 0.2) is 0 Å². The topological polar surface area (TPSA) is 82.8 Å². The van der Waals surface area contributed by atoms with E-state index in [1.54, 1.807) is 6.92 Å². The van der Waals surface area contributed by atoms with Crippen LogP contribution in [0.2, 0.25) is 0 Å². The molecule has 0 aromatic carbocycles. The van der Waals surface area contributed by atoms with Gasteiger partial charge in [-0.25, -0.2) is 13.2 Å². The number of sulfonamides is 1. The number of carbonyl (C=O) groups is 1. The first-order valence-electron chi connectivity index (χ1n) is 7.06. The number of carboxylic acids is 1. The minimum absolute atomic E-state index is 0.00303. The normalized spacial score (nSPS) is 18.0. The monoisotopic (exact) mass is 315 g/mol. The molecule has 1 fully saturated rings. The van der Waals surface area contributed by atoms with Crippen LogP contribution in [0, 0.1) is 0 Å². The minimum atomic E-state index is -3.62. The first kappa shape index (κ1) is 16.0. The molecule has 7 nitrogen and oxygen atoms in total. The second-order valence-electron chi connectivity index (χ2n) is 4.99. The van der Waals surface area contributed by atoms with Crippen molar-refractivity contribution in [3.63, 3.8) is 0 Å². The molecule has 118 valence electrons. The van der Waals surface area contributed by atoms with Crippen molar-refractivity contribution in [3.05, 3.63) is 18.0 Å². The highest BCUT2D eigenvalue weighted by atomic mass is 32.2. The predicted octanol–water partition coefficient (Wildman–Crippen LogP) is 0.532. The lowest BCUT2D eigenvalue weighted by Gasteiger charge is -2.32. The molecule has 0 spiro atoms. The Labute approximate surface area is 124 Å². The number of likely N-dealkylation sites (N-methyl/N-ethyl adjacent to an activating group) is 1. The summed E-state index contributed by atoms with van der Waals surface area (Å²) in [7, 11) is -3.62. The van der Waals surface area contributed by atoms with E-state index < -0.39 is 16.0 Å². The lowest BCUT2D eigenvalue weighted by Crippen LogP contribution is -2.48. The van der Waals surface area contributed by atoms with Gasteiger partial charge in [0.2, 0.25) is 10.0 Å². The Morgan fingerprint density at radius 2 is 1.81 bits per heavy atom. The molecule has 1 aliphatic rings. The van der Waals surface area contributed by atoms with Crippen molar-refractivity contribution in [2.24, 2.45) is 0 Å². The van der Waals surface area contributed by atoms with Crippen LogP contribution in [0.15, 0.2) is 17.2 Å². The summed E-state index contributed by atoms with van der Waals surface area (Å²) in [4.78, 5) is 13.4. The molecular formula is C13H21N3O4S. The zero-order valence-electron chi connectivity index (χ0n) is 12.3. The number of hydrogen-bond donors (Lipinski definition) is 1. The smallest absolute Gasteiger partial charge is 0.352 e. The Hall–Kier alpha value is -1.38. The van der Waals surface area contributed by atoms with Gasteiger partial charge in [0.25, 0.3) is 0 Å². The van der Waals surface area contributed by atoms with E-state index in [4.69, 9.17) is 5.11 Å². The molecule has 8 heteroatoms. The van der Waals surface area contributed by atoms with Gasteiger partial charge >= 0.3 is 5.97 Å². The first-order valence-corrected chi connectivity index (χ1v) is 8.50. The van der Waals surface area contributed by atoms with E-state index in [-0.39, 0.29) is 10.6 Å². The van der Waals surface area contributed by atoms with E-state index in [0.29, 0.717) is 32.7 Å². The van der Waals surface area contributed by atoms with E-state index in [0.717, 1.165) is 6.54 Å². The highest BCUT2D eigenvalue weighted by Crippen LogP contribution is 2.20. The number of rotatable bonds is 5. The van der Waals surface area contributed by atoms with Crippen LogP contribution in [0.3, 0.4) is 0 Å². The van der Waals surface area contributed by atoms with Gasteiger partial charge in [-0.2, -0.15) is 4.31 Å². The molecule has 0 radical (unpaired) electrons. The van der Waals surface area contributed by atoms with Crippen LogP contribution in [0.5, 0.6) is 0 Å². The maximum absolute atomic E-state index is 12.6. The van der Waals surface area contributed by atoms with Crippen LogP contribution < -0.4 is 0 Å². The minimum Gasteiger partial charge on any atom is -0.477 e. The van der Waals surface area contributed by atoms with Gasteiger partial charge in [-0.3, -0.25) is 0 Å². The SMILES string of the molecule is CCN1CCN(S(=O)(=O)c2cc(C(=O)O)n(CC)c2)CC1. The maximum atomic E-state index is 12.6. The van der Waals surface area contributed by atoms with E-state index >= 15 is 0 Å². The second kappa shape index (κ2) is 6.17. The zero-order chi connectivity index (χ0) is 15.6. The third kappa shape index (κ3) is 3.12. The van der Waals surface area contributed by atoms with Crippen molar-refractivity contribution in [1.29, 1.82) is 0 Å². The number of piperazine rings is 1. The number of nitrogens with zero attached hydrogens (tertiary/aromatic N) is 3. The van der Waals surface area contributed by atoms with Gasteiger partial charge in [0, 0.05) is 38.9 Å². The van der Waals surface area contributed by atoms with Crippen molar-refractivity contribution >= 4 is 16.0 Å². The fraction of sp³-hybridized carbons (Fsp3) is 0.615. The maximum Gasteiger partial charge on any atom is 0.352 e. The van der Waals surface area contributed by atoms with Crippen molar-refractivity contribution in [2.45, 2.75) is 25.3 Å².